The Bertz CT molecular complexity index is 832. The summed E-state index contributed by atoms with van der Waals surface area (Å²) in [5, 5.41) is 8.58. The lowest BCUT2D eigenvalue weighted by Gasteiger charge is -2.12. The first-order valence-corrected chi connectivity index (χ1v) is 9.14. The Morgan fingerprint density at radius 3 is 2.29 bits per heavy atom. The minimum Gasteiger partial charge on any atom is -0.376 e. The Hall–Kier alpha value is -3.35. The van der Waals surface area contributed by atoms with Crippen molar-refractivity contribution in [1.29, 1.82) is 0 Å². The first-order valence-electron chi connectivity index (χ1n) is 9.14. The molecule has 0 unspecified atom stereocenters. The first kappa shape index (κ1) is 21.0. The van der Waals surface area contributed by atoms with Crippen molar-refractivity contribution >= 4 is 29.1 Å². The van der Waals surface area contributed by atoms with Crippen LogP contribution in [0.5, 0.6) is 0 Å². The van der Waals surface area contributed by atoms with Gasteiger partial charge in [-0.2, -0.15) is 0 Å². The van der Waals surface area contributed by atoms with Gasteiger partial charge in [-0.15, -0.1) is 0 Å². The standard InChI is InChI=1S/C21H26N4O3/c1-4-12-22-20(27)16-6-5-7-18(13-16)24-19(26)14-23-17-10-8-15(9-11-17)21(28)25(2)3/h5-11,13,23H,4,12,14H2,1-3H3,(H,22,27)(H,24,26). The molecule has 0 aromatic heterocycles. The summed E-state index contributed by atoms with van der Waals surface area (Å²) in [5.41, 5.74) is 2.37. The highest BCUT2D eigenvalue weighted by molar-refractivity contribution is 5.98. The van der Waals surface area contributed by atoms with Crippen LogP contribution in [-0.4, -0.2) is 49.8 Å². The first-order chi connectivity index (χ1) is 13.4. The highest BCUT2D eigenvalue weighted by atomic mass is 16.2. The maximum Gasteiger partial charge on any atom is 0.253 e. The van der Waals surface area contributed by atoms with Crippen LogP contribution in [0.1, 0.15) is 34.1 Å². The van der Waals surface area contributed by atoms with Gasteiger partial charge in [0, 0.05) is 43.1 Å². The average Bonchev–Trinajstić information content (AvgIpc) is 2.70. The van der Waals surface area contributed by atoms with Crippen molar-refractivity contribution in [3.8, 4) is 0 Å². The van der Waals surface area contributed by atoms with Gasteiger partial charge < -0.3 is 20.9 Å². The Kier molecular flexibility index (Phi) is 7.56. The summed E-state index contributed by atoms with van der Waals surface area (Å²) in [6, 6.07) is 13.7. The molecule has 0 saturated heterocycles. The summed E-state index contributed by atoms with van der Waals surface area (Å²) >= 11 is 0. The number of anilines is 2. The van der Waals surface area contributed by atoms with Gasteiger partial charge in [-0.05, 0) is 48.9 Å². The number of carbonyl (C=O) groups excluding carboxylic acids is 3. The van der Waals surface area contributed by atoms with Gasteiger partial charge in [-0.1, -0.05) is 13.0 Å². The zero-order valence-electron chi connectivity index (χ0n) is 16.4. The van der Waals surface area contributed by atoms with E-state index in [9.17, 15) is 14.4 Å². The van der Waals surface area contributed by atoms with E-state index in [4.69, 9.17) is 0 Å². The predicted molar refractivity (Wildman–Crippen MR) is 111 cm³/mol. The van der Waals surface area contributed by atoms with Crippen molar-refractivity contribution in [3.63, 3.8) is 0 Å². The van der Waals surface area contributed by atoms with Crippen molar-refractivity contribution in [2.24, 2.45) is 0 Å². The lowest BCUT2D eigenvalue weighted by Crippen LogP contribution is -2.25. The second-order valence-electron chi connectivity index (χ2n) is 6.52. The smallest absolute Gasteiger partial charge is 0.253 e. The molecule has 7 nitrogen and oxygen atoms in total. The third-order valence-corrected chi connectivity index (χ3v) is 3.94. The molecule has 2 rings (SSSR count). The molecular weight excluding hydrogens is 356 g/mol. The number of benzene rings is 2. The average molecular weight is 382 g/mol. The monoisotopic (exact) mass is 382 g/mol. The summed E-state index contributed by atoms with van der Waals surface area (Å²) < 4.78 is 0. The van der Waals surface area contributed by atoms with Gasteiger partial charge in [0.2, 0.25) is 5.91 Å². The van der Waals surface area contributed by atoms with E-state index < -0.39 is 0 Å². The van der Waals surface area contributed by atoms with Gasteiger partial charge in [0.15, 0.2) is 0 Å². The molecular formula is C21H26N4O3. The zero-order valence-corrected chi connectivity index (χ0v) is 16.4. The van der Waals surface area contributed by atoms with Crippen molar-refractivity contribution < 1.29 is 14.4 Å². The minimum atomic E-state index is -0.237. The Morgan fingerprint density at radius 2 is 1.64 bits per heavy atom. The molecule has 0 spiro atoms. The van der Waals surface area contributed by atoms with E-state index in [1.54, 1.807) is 62.6 Å². The highest BCUT2D eigenvalue weighted by Crippen LogP contribution is 2.12. The SMILES string of the molecule is CCCNC(=O)c1cccc(NC(=O)CNc2ccc(C(=O)N(C)C)cc2)c1. The van der Waals surface area contributed by atoms with Crippen LogP contribution in [0.25, 0.3) is 0 Å². The maximum absolute atomic E-state index is 12.2. The zero-order chi connectivity index (χ0) is 20.5. The van der Waals surface area contributed by atoms with Gasteiger partial charge in [0.1, 0.15) is 0 Å². The normalized spacial score (nSPS) is 10.1. The molecule has 3 N–H and O–H groups in total. The Balaban J connectivity index is 1.89. The number of hydrogen-bond donors (Lipinski definition) is 3. The van der Waals surface area contributed by atoms with E-state index in [1.165, 1.54) is 4.90 Å². The Labute approximate surface area is 165 Å². The van der Waals surface area contributed by atoms with Gasteiger partial charge in [0.05, 0.1) is 6.54 Å². The van der Waals surface area contributed by atoms with E-state index in [2.05, 4.69) is 16.0 Å². The van der Waals surface area contributed by atoms with Crippen molar-refractivity contribution in [1.82, 2.24) is 10.2 Å². The van der Waals surface area contributed by atoms with Gasteiger partial charge in [-0.3, -0.25) is 14.4 Å². The lowest BCUT2D eigenvalue weighted by atomic mass is 10.2. The van der Waals surface area contributed by atoms with Crippen LogP contribution in [-0.2, 0) is 4.79 Å². The highest BCUT2D eigenvalue weighted by Gasteiger charge is 2.09. The number of amides is 3. The number of hydrogen-bond acceptors (Lipinski definition) is 4. The molecule has 148 valence electrons. The van der Waals surface area contributed by atoms with E-state index >= 15 is 0 Å². The van der Waals surface area contributed by atoms with Crippen LogP contribution < -0.4 is 16.0 Å². The summed E-state index contributed by atoms with van der Waals surface area (Å²) in [5.74, 6) is -0.477. The maximum atomic E-state index is 12.2. The topological polar surface area (TPSA) is 90.5 Å². The predicted octanol–water partition coefficient (Wildman–Crippen LogP) is 2.58. The van der Waals surface area contributed by atoms with Crippen LogP contribution in [0.2, 0.25) is 0 Å². The molecule has 2 aromatic carbocycles. The van der Waals surface area contributed by atoms with E-state index in [-0.39, 0.29) is 24.3 Å². The summed E-state index contributed by atoms with van der Waals surface area (Å²) in [6.07, 6.45) is 0.859. The Morgan fingerprint density at radius 1 is 0.929 bits per heavy atom. The second kappa shape index (κ2) is 10.1. The third-order valence-electron chi connectivity index (χ3n) is 3.94. The molecule has 7 heteroatoms. The number of carbonyl (C=O) groups is 3. The van der Waals surface area contributed by atoms with Crippen LogP contribution in [0.3, 0.4) is 0 Å². The van der Waals surface area contributed by atoms with Crippen LogP contribution in [0.15, 0.2) is 48.5 Å². The number of nitrogens with zero attached hydrogens (tertiary/aromatic N) is 1. The fourth-order valence-corrected chi connectivity index (χ4v) is 2.46. The van der Waals surface area contributed by atoms with Crippen molar-refractivity contribution in [2.75, 3.05) is 37.8 Å². The summed E-state index contributed by atoms with van der Waals surface area (Å²) in [7, 11) is 3.39. The van der Waals surface area contributed by atoms with Gasteiger partial charge >= 0.3 is 0 Å². The van der Waals surface area contributed by atoms with Gasteiger partial charge in [0.25, 0.3) is 11.8 Å². The fourth-order valence-electron chi connectivity index (χ4n) is 2.46. The lowest BCUT2D eigenvalue weighted by molar-refractivity contribution is -0.114. The molecule has 0 aliphatic carbocycles. The molecule has 0 aliphatic rings. The van der Waals surface area contributed by atoms with Crippen molar-refractivity contribution in [3.05, 3.63) is 59.7 Å². The largest absolute Gasteiger partial charge is 0.376 e. The van der Waals surface area contributed by atoms with Crippen LogP contribution in [0.4, 0.5) is 11.4 Å². The molecule has 0 saturated carbocycles. The van der Waals surface area contributed by atoms with E-state index in [0.29, 0.717) is 23.4 Å². The number of nitrogens with one attached hydrogen (secondary N) is 3. The molecule has 0 bridgehead atoms. The van der Waals surface area contributed by atoms with Gasteiger partial charge in [-0.25, -0.2) is 0 Å². The summed E-state index contributed by atoms with van der Waals surface area (Å²) in [6.45, 7) is 2.66. The molecule has 0 radical (unpaired) electrons. The second-order valence-corrected chi connectivity index (χ2v) is 6.52. The number of rotatable bonds is 8. The molecule has 2 aromatic rings. The van der Waals surface area contributed by atoms with Crippen LogP contribution >= 0.6 is 0 Å². The molecule has 0 heterocycles. The summed E-state index contributed by atoms with van der Waals surface area (Å²) in [4.78, 5) is 37.6. The molecule has 0 fully saturated rings. The van der Waals surface area contributed by atoms with E-state index in [1.807, 2.05) is 6.92 Å². The molecule has 3 amide bonds. The van der Waals surface area contributed by atoms with Crippen LogP contribution in [0, 0.1) is 0 Å². The quantitative estimate of drug-likeness (QED) is 0.654. The van der Waals surface area contributed by atoms with Crippen molar-refractivity contribution in [2.45, 2.75) is 13.3 Å². The fraction of sp³-hybridized carbons (Fsp3) is 0.286. The molecule has 28 heavy (non-hydrogen) atoms. The third kappa shape index (κ3) is 6.12. The molecule has 0 aliphatic heterocycles. The molecule has 0 atom stereocenters. The van der Waals surface area contributed by atoms with E-state index in [0.717, 1.165) is 12.1 Å². The minimum absolute atomic E-state index is 0.0627.